The number of amides is 1. The standard InChI is InChI=1S/C14H22N2O3S/c1-9-10(2)20-13(12(9)14(18)19-3)16-11(17)7-5-4-6-8-15/h4-8,15H2,1-3H3,(H,16,17). The lowest BCUT2D eigenvalue weighted by molar-refractivity contribution is -0.116. The second kappa shape index (κ2) is 8.01. The molecule has 1 heterocycles. The molecular formula is C14H22N2O3S. The monoisotopic (exact) mass is 298 g/mol. The zero-order chi connectivity index (χ0) is 15.1. The van der Waals surface area contributed by atoms with E-state index in [0.717, 1.165) is 29.7 Å². The van der Waals surface area contributed by atoms with E-state index >= 15 is 0 Å². The number of anilines is 1. The third-order valence-electron chi connectivity index (χ3n) is 3.14. The van der Waals surface area contributed by atoms with Crippen molar-refractivity contribution in [2.45, 2.75) is 39.5 Å². The molecule has 1 amide bonds. The number of nitrogens with two attached hydrogens (primary N) is 1. The van der Waals surface area contributed by atoms with Crippen LogP contribution in [0.3, 0.4) is 0 Å². The van der Waals surface area contributed by atoms with Crippen LogP contribution in [0.1, 0.15) is 46.5 Å². The van der Waals surface area contributed by atoms with E-state index in [-0.39, 0.29) is 5.91 Å². The van der Waals surface area contributed by atoms with Crippen LogP contribution in [0, 0.1) is 13.8 Å². The van der Waals surface area contributed by atoms with Crippen LogP contribution >= 0.6 is 11.3 Å². The second-order valence-electron chi connectivity index (χ2n) is 4.63. The lowest BCUT2D eigenvalue weighted by Crippen LogP contribution is -2.14. The third-order valence-corrected chi connectivity index (χ3v) is 4.26. The Balaban J connectivity index is 2.70. The first-order valence-corrected chi connectivity index (χ1v) is 7.51. The molecule has 6 heteroatoms. The summed E-state index contributed by atoms with van der Waals surface area (Å²) in [6, 6.07) is 0. The van der Waals surface area contributed by atoms with E-state index in [0.29, 0.717) is 23.5 Å². The van der Waals surface area contributed by atoms with Crippen molar-refractivity contribution in [2.24, 2.45) is 5.73 Å². The van der Waals surface area contributed by atoms with Crippen LogP contribution < -0.4 is 11.1 Å². The summed E-state index contributed by atoms with van der Waals surface area (Å²) in [6.07, 6.45) is 3.12. The van der Waals surface area contributed by atoms with Crippen LogP contribution in [0.4, 0.5) is 5.00 Å². The first kappa shape index (κ1) is 16.7. The molecule has 0 aliphatic carbocycles. The van der Waals surface area contributed by atoms with Gasteiger partial charge in [-0.1, -0.05) is 6.42 Å². The third kappa shape index (κ3) is 4.31. The van der Waals surface area contributed by atoms with Gasteiger partial charge in [-0.3, -0.25) is 4.79 Å². The maximum absolute atomic E-state index is 11.9. The molecule has 1 rings (SSSR count). The van der Waals surface area contributed by atoms with Gasteiger partial charge in [0.2, 0.25) is 5.91 Å². The minimum absolute atomic E-state index is 0.0755. The van der Waals surface area contributed by atoms with Crippen LogP contribution in [0.5, 0.6) is 0 Å². The summed E-state index contributed by atoms with van der Waals surface area (Å²) in [7, 11) is 1.34. The predicted molar refractivity (Wildman–Crippen MR) is 81.3 cm³/mol. The van der Waals surface area contributed by atoms with E-state index in [1.54, 1.807) is 0 Å². The SMILES string of the molecule is COC(=O)c1c(NC(=O)CCCCCN)sc(C)c1C. The highest BCUT2D eigenvalue weighted by Crippen LogP contribution is 2.33. The fourth-order valence-corrected chi connectivity index (χ4v) is 2.92. The molecule has 0 fully saturated rings. The van der Waals surface area contributed by atoms with Gasteiger partial charge < -0.3 is 15.8 Å². The molecule has 5 nitrogen and oxygen atoms in total. The minimum Gasteiger partial charge on any atom is -0.465 e. The van der Waals surface area contributed by atoms with Gasteiger partial charge in [0.15, 0.2) is 0 Å². The van der Waals surface area contributed by atoms with E-state index in [9.17, 15) is 9.59 Å². The number of thiophene rings is 1. The van der Waals surface area contributed by atoms with Gasteiger partial charge in [0.05, 0.1) is 12.7 Å². The molecule has 1 aromatic heterocycles. The molecule has 0 aliphatic rings. The average Bonchev–Trinajstić information content (AvgIpc) is 2.69. The van der Waals surface area contributed by atoms with Crippen molar-refractivity contribution in [3.8, 4) is 0 Å². The van der Waals surface area contributed by atoms with Gasteiger partial charge in [-0.15, -0.1) is 11.3 Å². The Hall–Kier alpha value is -1.40. The summed E-state index contributed by atoms with van der Waals surface area (Å²) < 4.78 is 4.77. The van der Waals surface area contributed by atoms with Crippen LogP contribution in [0.15, 0.2) is 0 Å². The van der Waals surface area contributed by atoms with Crippen molar-refractivity contribution in [2.75, 3.05) is 19.0 Å². The highest BCUT2D eigenvalue weighted by Gasteiger charge is 2.21. The number of nitrogens with one attached hydrogen (secondary N) is 1. The van der Waals surface area contributed by atoms with E-state index in [1.165, 1.54) is 18.4 Å². The largest absolute Gasteiger partial charge is 0.465 e. The van der Waals surface area contributed by atoms with Crippen LogP contribution in [-0.2, 0) is 9.53 Å². The molecule has 0 spiro atoms. The van der Waals surface area contributed by atoms with E-state index < -0.39 is 5.97 Å². The topological polar surface area (TPSA) is 81.4 Å². The van der Waals surface area contributed by atoms with Crippen molar-refractivity contribution in [1.82, 2.24) is 0 Å². The smallest absolute Gasteiger partial charge is 0.341 e. The molecule has 0 aromatic carbocycles. The van der Waals surface area contributed by atoms with E-state index in [4.69, 9.17) is 10.5 Å². The number of hydrogen-bond donors (Lipinski definition) is 2. The van der Waals surface area contributed by atoms with Crippen LogP contribution in [0.25, 0.3) is 0 Å². The first-order chi connectivity index (χ1) is 9.51. The molecule has 1 aromatic rings. The normalized spacial score (nSPS) is 10.4. The Morgan fingerprint density at radius 1 is 1.25 bits per heavy atom. The lowest BCUT2D eigenvalue weighted by Gasteiger charge is -2.06. The Morgan fingerprint density at radius 2 is 1.95 bits per heavy atom. The van der Waals surface area contributed by atoms with Gasteiger partial charge in [-0.05, 0) is 38.8 Å². The Bertz CT molecular complexity index is 483. The summed E-state index contributed by atoms with van der Waals surface area (Å²) in [5.74, 6) is -0.487. The predicted octanol–water partition coefficient (Wildman–Crippen LogP) is 2.61. The number of aryl methyl sites for hydroxylation is 1. The number of esters is 1. The highest BCUT2D eigenvalue weighted by molar-refractivity contribution is 7.16. The molecule has 0 saturated heterocycles. The Morgan fingerprint density at radius 3 is 2.55 bits per heavy atom. The zero-order valence-electron chi connectivity index (χ0n) is 12.2. The van der Waals surface area contributed by atoms with Crippen molar-refractivity contribution in [3.63, 3.8) is 0 Å². The first-order valence-electron chi connectivity index (χ1n) is 6.69. The summed E-state index contributed by atoms with van der Waals surface area (Å²) in [4.78, 5) is 24.6. The number of hydrogen-bond acceptors (Lipinski definition) is 5. The molecule has 112 valence electrons. The van der Waals surface area contributed by atoms with E-state index in [2.05, 4.69) is 5.32 Å². The maximum atomic E-state index is 11.9. The lowest BCUT2D eigenvalue weighted by atomic mass is 10.1. The summed E-state index contributed by atoms with van der Waals surface area (Å²) in [5.41, 5.74) is 6.73. The zero-order valence-corrected chi connectivity index (χ0v) is 13.1. The number of carbonyl (C=O) groups excluding carboxylic acids is 2. The Kier molecular flexibility index (Phi) is 6.67. The molecular weight excluding hydrogens is 276 g/mol. The molecule has 0 atom stereocenters. The number of methoxy groups -OCH3 is 1. The number of carbonyl (C=O) groups is 2. The second-order valence-corrected chi connectivity index (χ2v) is 5.85. The summed E-state index contributed by atoms with van der Waals surface area (Å²) in [6.45, 7) is 4.43. The molecule has 0 bridgehead atoms. The van der Waals surface area contributed by atoms with Gasteiger partial charge in [0.1, 0.15) is 5.00 Å². The molecule has 0 aliphatic heterocycles. The van der Waals surface area contributed by atoms with Crippen molar-refractivity contribution in [3.05, 3.63) is 16.0 Å². The molecule has 0 unspecified atom stereocenters. The van der Waals surface area contributed by atoms with Gasteiger partial charge in [-0.25, -0.2) is 4.79 Å². The number of unbranched alkanes of at least 4 members (excludes halogenated alkanes) is 2. The molecule has 0 radical (unpaired) electrons. The summed E-state index contributed by atoms with van der Waals surface area (Å²) >= 11 is 1.40. The van der Waals surface area contributed by atoms with Crippen molar-refractivity contribution in [1.29, 1.82) is 0 Å². The Labute approximate surface area is 123 Å². The van der Waals surface area contributed by atoms with Gasteiger partial charge in [0, 0.05) is 11.3 Å². The fourth-order valence-electron chi connectivity index (χ4n) is 1.86. The molecule has 0 saturated carbocycles. The van der Waals surface area contributed by atoms with E-state index in [1.807, 2.05) is 13.8 Å². The highest BCUT2D eigenvalue weighted by atomic mass is 32.1. The molecule has 3 N–H and O–H groups in total. The average molecular weight is 298 g/mol. The van der Waals surface area contributed by atoms with Crippen LogP contribution in [0.2, 0.25) is 0 Å². The molecule has 20 heavy (non-hydrogen) atoms. The van der Waals surface area contributed by atoms with Gasteiger partial charge in [-0.2, -0.15) is 0 Å². The van der Waals surface area contributed by atoms with Crippen LogP contribution in [-0.4, -0.2) is 25.5 Å². The van der Waals surface area contributed by atoms with Crippen molar-refractivity contribution >= 4 is 28.2 Å². The number of rotatable bonds is 7. The van der Waals surface area contributed by atoms with Gasteiger partial charge in [0.25, 0.3) is 0 Å². The number of ether oxygens (including phenoxy) is 1. The quantitative estimate of drug-likeness (QED) is 0.599. The minimum atomic E-state index is -0.412. The van der Waals surface area contributed by atoms with Gasteiger partial charge >= 0.3 is 5.97 Å². The maximum Gasteiger partial charge on any atom is 0.341 e. The summed E-state index contributed by atoms with van der Waals surface area (Å²) in [5, 5.41) is 3.39. The fraction of sp³-hybridized carbons (Fsp3) is 0.571. The van der Waals surface area contributed by atoms with Crippen molar-refractivity contribution < 1.29 is 14.3 Å².